The van der Waals surface area contributed by atoms with Gasteiger partial charge in [0.15, 0.2) is 11.6 Å². The van der Waals surface area contributed by atoms with E-state index in [2.05, 4.69) is 6.58 Å². The molecule has 24 heavy (non-hydrogen) atoms. The second-order valence-electron chi connectivity index (χ2n) is 5.78. The second-order valence-corrected chi connectivity index (χ2v) is 5.78. The number of hydrogen-bond acceptors (Lipinski definition) is 3. The Labute approximate surface area is 139 Å². The predicted octanol–water partition coefficient (Wildman–Crippen LogP) is 4.50. The van der Waals surface area contributed by atoms with Gasteiger partial charge >= 0.3 is 5.97 Å². The van der Waals surface area contributed by atoms with Gasteiger partial charge in [0.25, 0.3) is 0 Å². The number of hydrogen-bond donors (Lipinski definition) is 1. The Morgan fingerprint density at radius 3 is 2.58 bits per heavy atom. The molecule has 0 fully saturated rings. The van der Waals surface area contributed by atoms with E-state index in [0.717, 1.165) is 21.7 Å². The Bertz CT molecular complexity index is 960. The fourth-order valence-electron chi connectivity index (χ4n) is 2.69. The number of carbonyl (C=O) groups excluding carboxylic acids is 1. The van der Waals surface area contributed by atoms with Crippen LogP contribution in [0.2, 0.25) is 0 Å². The molecular formula is C20H17FO3. The van der Waals surface area contributed by atoms with Crippen molar-refractivity contribution in [2.75, 3.05) is 6.61 Å². The number of carbonyl (C=O) groups is 1. The molecule has 0 bridgehead atoms. The van der Waals surface area contributed by atoms with Crippen molar-refractivity contribution in [3.8, 4) is 5.75 Å². The first-order valence-corrected chi connectivity index (χ1v) is 7.63. The maximum atomic E-state index is 14.0. The van der Waals surface area contributed by atoms with E-state index in [1.165, 1.54) is 6.07 Å². The van der Waals surface area contributed by atoms with E-state index in [4.69, 9.17) is 4.74 Å². The van der Waals surface area contributed by atoms with Crippen LogP contribution in [0.1, 0.15) is 12.5 Å². The summed E-state index contributed by atoms with van der Waals surface area (Å²) in [4.78, 5) is 11.4. The van der Waals surface area contributed by atoms with Crippen LogP contribution in [0.4, 0.5) is 4.39 Å². The lowest BCUT2D eigenvalue weighted by atomic mass is 9.99. The quantitative estimate of drug-likeness (QED) is 0.437. The number of phenolic OH excluding ortho intramolecular Hbond substituents is 1. The maximum Gasteiger partial charge on any atom is 0.333 e. The van der Waals surface area contributed by atoms with Gasteiger partial charge in [-0.15, -0.1) is 0 Å². The van der Waals surface area contributed by atoms with Crippen molar-refractivity contribution in [3.05, 3.63) is 66.0 Å². The third-order valence-electron chi connectivity index (χ3n) is 3.97. The second kappa shape index (κ2) is 6.32. The van der Waals surface area contributed by atoms with Crippen LogP contribution in [-0.2, 0) is 16.0 Å². The zero-order valence-electron chi connectivity index (χ0n) is 13.3. The first-order chi connectivity index (χ1) is 11.5. The lowest BCUT2D eigenvalue weighted by molar-refractivity contribution is -0.138. The Morgan fingerprint density at radius 1 is 1.12 bits per heavy atom. The molecule has 3 aromatic carbocycles. The number of benzene rings is 3. The Balaban J connectivity index is 1.89. The van der Waals surface area contributed by atoms with Crippen LogP contribution in [0.25, 0.3) is 21.5 Å². The largest absolute Gasteiger partial charge is 0.505 e. The number of rotatable bonds is 4. The van der Waals surface area contributed by atoms with Crippen LogP contribution in [-0.4, -0.2) is 17.7 Å². The zero-order chi connectivity index (χ0) is 17.3. The van der Waals surface area contributed by atoms with Gasteiger partial charge in [0.2, 0.25) is 0 Å². The molecule has 3 nitrogen and oxygen atoms in total. The van der Waals surface area contributed by atoms with Crippen molar-refractivity contribution >= 4 is 27.5 Å². The van der Waals surface area contributed by atoms with Gasteiger partial charge in [-0.25, -0.2) is 9.18 Å². The van der Waals surface area contributed by atoms with Crippen molar-refractivity contribution in [2.45, 2.75) is 13.3 Å². The smallest absolute Gasteiger partial charge is 0.333 e. The molecule has 0 heterocycles. The fraction of sp³-hybridized carbons (Fsp3) is 0.150. The van der Waals surface area contributed by atoms with Crippen LogP contribution in [0.15, 0.2) is 54.6 Å². The number of phenols is 1. The van der Waals surface area contributed by atoms with E-state index in [0.29, 0.717) is 17.4 Å². The molecule has 0 radical (unpaired) electrons. The van der Waals surface area contributed by atoms with E-state index in [1.54, 1.807) is 19.1 Å². The van der Waals surface area contributed by atoms with Crippen LogP contribution in [0.5, 0.6) is 5.75 Å². The molecular weight excluding hydrogens is 307 g/mol. The lowest BCUT2D eigenvalue weighted by Gasteiger charge is -2.09. The molecule has 0 aliphatic carbocycles. The normalized spacial score (nSPS) is 10.9. The summed E-state index contributed by atoms with van der Waals surface area (Å²) in [5, 5.41) is 12.5. The summed E-state index contributed by atoms with van der Waals surface area (Å²) < 4.78 is 19.1. The number of halogens is 1. The van der Waals surface area contributed by atoms with Gasteiger partial charge in [0, 0.05) is 17.4 Å². The summed E-state index contributed by atoms with van der Waals surface area (Å²) in [6, 6.07) is 12.4. The number of esters is 1. The zero-order valence-corrected chi connectivity index (χ0v) is 13.3. The van der Waals surface area contributed by atoms with Crippen molar-refractivity contribution < 1.29 is 19.0 Å². The molecule has 3 aromatic rings. The first kappa shape index (κ1) is 16.0. The minimum absolute atomic E-state index is 0.285. The highest BCUT2D eigenvalue weighted by Gasteiger charge is 2.09. The standard InChI is InChI=1S/C20H17FO3/c1-12(2)20(23)24-10-9-13-3-5-15-14(11-13)4-6-17-16(15)7-8-18(22)19(17)21/h3-8,11,22H,1,9-10H2,2H3. The molecule has 0 unspecified atom stereocenters. The molecule has 0 saturated heterocycles. The highest BCUT2D eigenvalue weighted by atomic mass is 19.1. The molecule has 0 spiro atoms. The van der Waals surface area contributed by atoms with Crippen LogP contribution >= 0.6 is 0 Å². The van der Waals surface area contributed by atoms with Gasteiger partial charge in [-0.05, 0) is 40.8 Å². The van der Waals surface area contributed by atoms with Gasteiger partial charge < -0.3 is 9.84 Å². The van der Waals surface area contributed by atoms with Gasteiger partial charge in [0.1, 0.15) is 0 Å². The summed E-state index contributed by atoms with van der Waals surface area (Å²) in [6.45, 7) is 5.44. The van der Waals surface area contributed by atoms with Crippen LogP contribution in [0.3, 0.4) is 0 Å². The monoisotopic (exact) mass is 324 g/mol. The Morgan fingerprint density at radius 2 is 1.83 bits per heavy atom. The van der Waals surface area contributed by atoms with Gasteiger partial charge in [-0.3, -0.25) is 0 Å². The third-order valence-corrected chi connectivity index (χ3v) is 3.97. The fourth-order valence-corrected chi connectivity index (χ4v) is 2.69. The molecule has 0 atom stereocenters. The topological polar surface area (TPSA) is 46.5 Å². The molecule has 0 saturated carbocycles. The van der Waals surface area contributed by atoms with E-state index in [1.807, 2.05) is 24.3 Å². The average molecular weight is 324 g/mol. The SMILES string of the molecule is C=C(C)C(=O)OCCc1ccc2c(ccc3c(F)c(O)ccc32)c1. The molecule has 122 valence electrons. The number of fused-ring (bicyclic) bond motifs is 3. The molecule has 0 aliphatic rings. The van der Waals surface area contributed by atoms with Gasteiger partial charge in [-0.1, -0.05) is 36.9 Å². The maximum absolute atomic E-state index is 14.0. The van der Waals surface area contributed by atoms with E-state index < -0.39 is 11.8 Å². The minimum Gasteiger partial charge on any atom is -0.505 e. The first-order valence-electron chi connectivity index (χ1n) is 7.63. The number of ether oxygens (including phenoxy) is 1. The molecule has 0 aromatic heterocycles. The van der Waals surface area contributed by atoms with Crippen molar-refractivity contribution in [1.29, 1.82) is 0 Å². The molecule has 4 heteroatoms. The molecule has 3 rings (SSSR count). The summed E-state index contributed by atoms with van der Waals surface area (Å²) >= 11 is 0. The van der Waals surface area contributed by atoms with Crippen molar-refractivity contribution in [3.63, 3.8) is 0 Å². The van der Waals surface area contributed by atoms with Crippen LogP contribution < -0.4 is 0 Å². The Kier molecular flexibility index (Phi) is 4.21. The molecule has 1 N–H and O–H groups in total. The summed E-state index contributed by atoms with van der Waals surface area (Å²) in [5.41, 5.74) is 1.40. The summed E-state index contributed by atoms with van der Waals surface area (Å²) in [5.74, 6) is -1.35. The van der Waals surface area contributed by atoms with Crippen molar-refractivity contribution in [2.24, 2.45) is 0 Å². The van der Waals surface area contributed by atoms with Gasteiger partial charge in [0.05, 0.1) is 6.61 Å². The summed E-state index contributed by atoms with van der Waals surface area (Å²) in [6.07, 6.45) is 0.594. The average Bonchev–Trinajstić information content (AvgIpc) is 2.57. The summed E-state index contributed by atoms with van der Waals surface area (Å²) in [7, 11) is 0. The minimum atomic E-state index is -0.606. The van der Waals surface area contributed by atoms with E-state index in [9.17, 15) is 14.3 Å². The molecule has 0 aliphatic heterocycles. The van der Waals surface area contributed by atoms with E-state index in [-0.39, 0.29) is 12.4 Å². The van der Waals surface area contributed by atoms with Gasteiger partial charge in [-0.2, -0.15) is 0 Å². The highest BCUT2D eigenvalue weighted by Crippen LogP contribution is 2.31. The van der Waals surface area contributed by atoms with Crippen LogP contribution in [0, 0.1) is 5.82 Å². The van der Waals surface area contributed by atoms with E-state index >= 15 is 0 Å². The number of aromatic hydroxyl groups is 1. The Hall–Kier alpha value is -2.88. The predicted molar refractivity (Wildman–Crippen MR) is 92.6 cm³/mol. The lowest BCUT2D eigenvalue weighted by Crippen LogP contribution is -2.07. The third kappa shape index (κ3) is 2.95. The molecule has 0 amide bonds. The van der Waals surface area contributed by atoms with Crippen molar-refractivity contribution in [1.82, 2.24) is 0 Å². The highest BCUT2D eigenvalue weighted by molar-refractivity contribution is 6.08.